The minimum absolute atomic E-state index is 0.443. The summed E-state index contributed by atoms with van der Waals surface area (Å²) in [7, 11) is -4.12. The van der Waals surface area contributed by atoms with E-state index in [1.165, 1.54) is 0 Å². The van der Waals surface area contributed by atoms with Gasteiger partial charge >= 0.3 is 5.97 Å². The molecule has 3 rings (SSSR count). The number of nitrogens with one attached hydrogen (secondary N) is 1. The fourth-order valence-corrected chi connectivity index (χ4v) is 3.05. The van der Waals surface area contributed by atoms with E-state index in [1.54, 1.807) is 12.1 Å². The molecule has 0 unspecified atom stereocenters. The number of rotatable bonds is 5. The molecule has 3 aromatic carbocycles. The van der Waals surface area contributed by atoms with E-state index < -0.39 is 44.8 Å². The van der Waals surface area contributed by atoms with Crippen LogP contribution in [-0.4, -0.2) is 26.9 Å². The van der Waals surface area contributed by atoms with Crippen LogP contribution in [0.1, 0.15) is 10.4 Å². The van der Waals surface area contributed by atoms with Crippen LogP contribution in [0.4, 0.5) is 10.1 Å². The van der Waals surface area contributed by atoms with Crippen molar-refractivity contribution >= 4 is 38.4 Å². The van der Waals surface area contributed by atoms with Crippen molar-refractivity contribution in [3.63, 3.8) is 0 Å². The topological polar surface area (TPSA) is 116 Å². The van der Waals surface area contributed by atoms with Crippen LogP contribution in [0.5, 0.6) is 0 Å². The normalized spacial score (nSPS) is 11.2. The molecule has 0 radical (unpaired) electrons. The summed E-state index contributed by atoms with van der Waals surface area (Å²) in [5.41, 5.74) is -0.132. The first-order valence-electron chi connectivity index (χ1n) is 8.02. The highest BCUT2D eigenvalue weighted by Gasteiger charge is 2.19. The molecule has 0 spiro atoms. The maximum atomic E-state index is 13.8. The van der Waals surface area contributed by atoms with Gasteiger partial charge in [-0.05, 0) is 41.1 Å². The first-order chi connectivity index (χ1) is 13.2. The molecule has 0 aliphatic carbocycles. The lowest BCUT2D eigenvalue weighted by Crippen LogP contribution is -2.21. The number of primary sulfonamides is 1. The number of benzene rings is 3. The first-order valence-corrected chi connectivity index (χ1v) is 9.57. The first kappa shape index (κ1) is 19.5. The van der Waals surface area contributed by atoms with Gasteiger partial charge in [-0.2, -0.15) is 0 Å². The predicted molar refractivity (Wildman–Crippen MR) is 101 cm³/mol. The number of nitrogens with two attached hydrogens (primary N) is 1. The van der Waals surface area contributed by atoms with Crippen LogP contribution in [0.15, 0.2) is 65.6 Å². The van der Waals surface area contributed by atoms with Gasteiger partial charge in [0, 0.05) is 5.69 Å². The third-order valence-electron chi connectivity index (χ3n) is 3.85. The Bertz CT molecular complexity index is 1180. The standard InChI is InChI=1S/C19H15FN2O5S/c20-17-8-7-15(28(21,25)26)10-16(17)19(24)27-11-18(23)22-14-6-5-12-3-1-2-4-13(12)9-14/h1-10H,11H2,(H,22,23)(H2,21,25,26). The average molecular weight is 402 g/mol. The molecule has 0 heterocycles. The third kappa shape index (κ3) is 4.51. The molecule has 144 valence electrons. The minimum atomic E-state index is -4.12. The van der Waals surface area contributed by atoms with Gasteiger partial charge in [0.25, 0.3) is 5.91 Å². The summed E-state index contributed by atoms with van der Waals surface area (Å²) in [6.07, 6.45) is 0. The average Bonchev–Trinajstić information content (AvgIpc) is 2.65. The maximum absolute atomic E-state index is 13.8. The lowest BCUT2D eigenvalue weighted by molar-refractivity contribution is -0.119. The van der Waals surface area contributed by atoms with Crippen molar-refractivity contribution in [2.24, 2.45) is 5.14 Å². The second-order valence-electron chi connectivity index (χ2n) is 5.87. The van der Waals surface area contributed by atoms with Gasteiger partial charge in [-0.1, -0.05) is 30.3 Å². The van der Waals surface area contributed by atoms with Gasteiger partial charge in [0.2, 0.25) is 10.0 Å². The van der Waals surface area contributed by atoms with Crippen LogP contribution in [0.25, 0.3) is 10.8 Å². The van der Waals surface area contributed by atoms with E-state index in [2.05, 4.69) is 5.32 Å². The second kappa shape index (κ2) is 7.75. The van der Waals surface area contributed by atoms with E-state index >= 15 is 0 Å². The highest BCUT2D eigenvalue weighted by Crippen LogP contribution is 2.19. The van der Waals surface area contributed by atoms with E-state index in [-0.39, 0.29) is 0 Å². The molecule has 0 aliphatic heterocycles. The number of hydrogen-bond acceptors (Lipinski definition) is 5. The van der Waals surface area contributed by atoms with Crippen molar-refractivity contribution in [1.29, 1.82) is 0 Å². The number of ether oxygens (including phenoxy) is 1. The predicted octanol–water partition coefficient (Wildman–Crippen LogP) is 2.42. The fourth-order valence-electron chi connectivity index (χ4n) is 2.51. The smallest absolute Gasteiger partial charge is 0.341 e. The largest absolute Gasteiger partial charge is 0.452 e. The van der Waals surface area contributed by atoms with Gasteiger partial charge in [-0.3, -0.25) is 4.79 Å². The lowest BCUT2D eigenvalue weighted by Gasteiger charge is -2.09. The number of hydrogen-bond donors (Lipinski definition) is 2. The molecule has 7 nitrogen and oxygen atoms in total. The van der Waals surface area contributed by atoms with Crippen LogP contribution in [-0.2, 0) is 19.6 Å². The summed E-state index contributed by atoms with van der Waals surface area (Å²) in [5.74, 6) is -2.81. The number of sulfonamides is 1. The van der Waals surface area contributed by atoms with Gasteiger partial charge < -0.3 is 10.1 Å². The Morgan fingerprint density at radius 3 is 2.43 bits per heavy atom. The zero-order chi connectivity index (χ0) is 20.3. The van der Waals surface area contributed by atoms with Gasteiger partial charge in [0.15, 0.2) is 6.61 Å². The number of carbonyl (C=O) groups excluding carboxylic acids is 2. The number of halogens is 1. The van der Waals surface area contributed by atoms with Crippen LogP contribution in [0, 0.1) is 5.82 Å². The zero-order valence-corrected chi connectivity index (χ0v) is 15.2. The number of fused-ring (bicyclic) bond motifs is 1. The Hall–Kier alpha value is -3.30. The molecular formula is C19H15FN2O5S. The Labute approximate surface area is 160 Å². The fraction of sp³-hybridized carbons (Fsp3) is 0.0526. The number of carbonyl (C=O) groups is 2. The number of amides is 1. The summed E-state index contributed by atoms with van der Waals surface area (Å²) in [5, 5.41) is 9.44. The Morgan fingerprint density at radius 2 is 1.71 bits per heavy atom. The maximum Gasteiger partial charge on any atom is 0.341 e. The van der Waals surface area contributed by atoms with Crippen molar-refractivity contribution in [3.05, 3.63) is 72.0 Å². The van der Waals surface area contributed by atoms with E-state index in [0.717, 1.165) is 29.0 Å². The van der Waals surface area contributed by atoms with Crippen LogP contribution >= 0.6 is 0 Å². The molecule has 0 saturated carbocycles. The van der Waals surface area contributed by atoms with Crippen molar-refractivity contribution in [3.8, 4) is 0 Å². The minimum Gasteiger partial charge on any atom is -0.452 e. The molecule has 28 heavy (non-hydrogen) atoms. The van der Waals surface area contributed by atoms with Gasteiger partial charge in [0.05, 0.1) is 10.5 Å². The molecule has 1 amide bonds. The molecule has 0 bridgehead atoms. The Balaban J connectivity index is 1.66. The molecule has 9 heteroatoms. The van der Waals surface area contributed by atoms with Gasteiger partial charge in [0.1, 0.15) is 5.82 Å². The van der Waals surface area contributed by atoms with Crippen molar-refractivity contribution in [1.82, 2.24) is 0 Å². The molecule has 0 aromatic heterocycles. The van der Waals surface area contributed by atoms with Gasteiger partial charge in [-0.25, -0.2) is 22.7 Å². The summed E-state index contributed by atoms with van der Waals surface area (Å²) >= 11 is 0. The van der Waals surface area contributed by atoms with E-state index in [9.17, 15) is 22.4 Å². The van der Waals surface area contributed by atoms with Crippen LogP contribution < -0.4 is 10.5 Å². The molecule has 3 aromatic rings. The number of esters is 1. The van der Waals surface area contributed by atoms with Crippen LogP contribution in [0.2, 0.25) is 0 Å². The summed E-state index contributed by atoms with van der Waals surface area (Å²) in [6.45, 7) is -0.676. The van der Waals surface area contributed by atoms with Crippen LogP contribution in [0.3, 0.4) is 0 Å². The highest BCUT2D eigenvalue weighted by molar-refractivity contribution is 7.89. The van der Waals surface area contributed by atoms with Crippen molar-refractivity contribution in [2.75, 3.05) is 11.9 Å². The molecule has 0 atom stereocenters. The quantitative estimate of drug-likeness (QED) is 0.636. The van der Waals surface area contributed by atoms with Gasteiger partial charge in [-0.15, -0.1) is 0 Å². The Kier molecular flexibility index (Phi) is 5.39. The second-order valence-corrected chi connectivity index (χ2v) is 7.43. The SMILES string of the molecule is NS(=O)(=O)c1ccc(F)c(C(=O)OCC(=O)Nc2ccc3ccccc3c2)c1. The monoisotopic (exact) mass is 402 g/mol. The lowest BCUT2D eigenvalue weighted by atomic mass is 10.1. The van der Waals surface area contributed by atoms with E-state index in [1.807, 2.05) is 30.3 Å². The molecule has 0 aliphatic rings. The molecule has 0 saturated heterocycles. The summed E-state index contributed by atoms with van der Waals surface area (Å²) in [6, 6.07) is 15.3. The molecular weight excluding hydrogens is 387 g/mol. The summed E-state index contributed by atoms with van der Waals surface area (Å²) < 4.78 is 41.2. The third-order valence-corrected chi connectivity index (χ3v) is 4.76. The van der Waals surface area contributed by atoms with E-state index in [4.69, 9.17) is 9.88 Å². The van der Waals surface area contributed by atoms with E-state index in [0.29, 0.717) is 5.69 Å². The van der Waals surface area contributed by atoms with Crippen molar-refractivity contribution in [2.45, 2.75) is 4.90 Å². The van der Waals surface area contributed by atoms with Crippen molar-refractivity contribution < 1.29 is 27.1 Å². The zero-order valence-electron chi connectivity index (χ0n) is 14.4. The summed E-state index contributed by atoms with van der Waals surface area (Å²) in [4.78, 5) is 23.6. The Morgan fingerprint density at radius 1 is 1.00 bits per heavy atom. The molecule has 0 fully saturated rings. The highest BCUT2D eigenvalue weighted by atomic mass is 32.2. The number of anilines is 1. The molecule has 3 N–H and O–H groups in total.